The lowest BCUT2D eigenvalue weighted by molar-refractivity contribution is -0.0619. The molecule has 2 atom stereocenters. The molecule has 0 unspecified atom stereocenters. The molecule has 0 amide bonds. The number of benzene rings is 1. The molecule has 0 aromatic heterocycles. The molecule has 2 N–H and O–H groups in total. The number of hydrogen-bond donors (Lipinski definition) is 2. The molecule has 0 saturated heterocycles. The summed E-state index contributed by atoms with van der Waals surface area (Å²) >= 11 is 0. The summed E-state index contributed by atoms with van der Waals surface area (Å²) in [4.78, 5) is 0.522. The molecule has 2 rings (SSSR count). The number of nitrogens with zero attached hydrogens (tertiary/aromatic N) is 1. The summed E-state index contributed by atoms with van der Waals surface area (Å²) in [6.45, 7) is -5.83. The fourth-order valence-electron chi connectivity index (χ4n) is 2.81. The van der Waals surface area contributed by atoms with E-state index in [2.05, 4.69) is 5.11 Å². The summed E-state index contributed by atoms with van der Waals surface area (Å²) in [7, 11) is 0. The zero-order valence-corrected chi connectivity index (χ0v) is 10.2. The predicted molar refractivity (Wildman–Crippen MR) is 72.5 cm³/mol. The van der Waals surface area contributed by atoms with Gasteiger partial charge in [0.1, 0.15) is 5.75 Å². The summed E-state index contributed by atoms with van der Waals surface area (Å²) in [6, 6.07) is 6.55. The first-order valence-corrected chi connectivity index (χ1v) is 6.20. The van der Waals surface area contributed by atoms with Crippen molar-refractivity contribution in [3.63, 3.8) is 0 Å². The van der Waals surface area contributed by atoms with Gasteiger partial charge >= 0.3 is 0 Å². The average Bonchev–Trinajstić information content (AvgIpc) is 2.58. The van der Waals surface area contributed by atoms with Crippen LogP contribution in [0, 0.1) is 5.92 Å². The minimum Gasteiger partial charge on any atom is -0.508 e. The summed E-state index contributed by atoms with van der Waals surface area (Å²) in [5.74, 6) is -0.234. The molecule has 0 aliphatic heterocycles. The van der Waals surface area contributed by atoms with E-state index in [1.54, 1.807) is 24.3 Å². The Morgan fingerprint density at radius 3 is 3.22 bits per heavy atom. The fraction of sp³-hybridized carbons (Fsp3) is 0.600. The Morgan fingerprint density at radius 2 is 2.44 bits per heavy atom. The number of rotatable bonds is 5. The van der Waals surface area contributed by atoms with Crippen LogP contribution in [-0.2, 0) is 5.60 Å². The van der Waals surface area contributed by atoms with Gasteiger partial charge in [-0.05, 0) is 44.5 Å². The molecule has 1 aromatic carbocycles. The highest BCUT2D eigenvalue weighted by molar-refractivity contribution is 5.32. The molecule has 18 heavy (non-hydrogen) atoms. The van der Waals surface area contributed by atoms with Crippen molar-refractivity contribution in [2.24, 2.45) is 5.92 Å². The molecule has 100 valence electrons. The second kappa shape index (κ2) is 5.29. The Balaban J connectivity index is 2.43. The topological polar surface area (TPSA) is 43.7 Å². The number of phenolic OH excluding ortho intramolecular Hbond substituents is 1. The van der Waals surface area contributed by atoms with Crippen LogP contribution in [0.25, 0.3) is 0 Å². The first-order chi connectivity index (χ1) is 12.0. The maximum Gasteiger partial charge on any atom is 0.293 e. The van der Waals surface area contributed by atoms with Crippen molar-refractivity contribution in [1.82, 2.24) is 4.90 Å². The van der Waals surface area contributed by atoms with Crippen molar-refractivity contribution in [1.29, 1.82) is 2.86 Å². The lowest BCUT2D eigenvalue weighted by Gasteiger charge is -2.41. The number of phenols is 1. The van der Waals surface area contributed by atoms with Gasteiger partial charge in [0.2, 0.25) is 1.43 Å². The molecule has 1 fully saturated rings. The minimum atomic E-state index is -2.79. The van der Waals surface area contributed by atoms with E-state index < -0.39 is 25.5 Å². The Hall–Kier alpha value is -1.06. The highest BCUT2D eigenvalue weighted by Gasteiger charge is 2.40. The molecular weight excluding hydrogens is 226 g/mol. The lowest BCUT2D eigenvalue weighted by Crippen LogP contribution is -2.43. The zero-order chi connectivity index (χ0) is 19.6. The van der Waals surface area contributed by atoms with E-state index in [1.165, 1.54) is 0 Å². The average molecular weight is 257 g/mol. The van der Waals surface area contributed by atoms with Gasteiger partial charge in [-0.15, -0.1) is 0 Å². The Morgan fingerprint density at radius 1 is 1.50 bits per heavy atom. The highest BCUT2D eigenvalue weighted by Crippen LogP contribution is 2.42. The quantitative estimate of drug-likeness (QED) is 0.851. The first-order valence-electron chi connectivity index (χ1n) is 10.0. The third-order valence-corrected chi connectivity index (χ3v) is 3.74. The molecule has 1 aliphatic rings. The van der Waals surface area contributed by atoms with Crippen LogP contribution in [0.4, 0.5) is 0 Å². The molecule has 0 heterocycles. The van der Waals surface area contributed by atoms with Crippen LogP contribution in [0.15, 0.2) is 24.3 Å². The summed E-state index contributed by atoms with van der Waals surface area (Å²) in [5.41, 5.74) is -0.570. The summed E-state index contributed by atoms with van der Waals surface area (Å²) < 4.78 is 60.3. The Bertz CT molecular complexity index is 592. The van der Waals surface area contributed by atoms with E-state index in [0.717, 1.165) is 12.8 Å². The van der Waals surface area contributed by atoms with E-state index in [0.29, 0.717) is 23.3 Å². The first kappa shape index (κ1) is 6.40. The standard InChI is InChI=1S/C15H23NO2/c1-16(2)11-13-6-3-4-9-15(13,18)12-7-5-8-14(17)10-12/h5,7-8,10,13,17-18H,3-4,6,9,11H2,1-2H3/t13-,15+/m0/s1/i1D3,2D3,18D/hD. The number of aromatic hydroxyl groups is 1. The third kappa shape index (κ3) is 2.68. The maximum atomic E-state index is 7.71. The minimum absolute atomic E-state index is 0.252. The van der Waals surface area contributed by atoms with Crippen molar-refractivity contribution < 1.29 is 18.4 Å². The monoisotopic (exact) mass is 257 g/mol. The van der Waals surface area contributed by atoms with Crippen LogP contribution >= 0.6 is 0 Å². The van der Waals surface area contributed by atoms with Crippen LogP contribution < -0.4 is 0 Å². The Kier molecular flexibility index (Phi) is 1.88. The van der Waals surface area contributed by atoms with Gasteiger partial charge in [0, 0.05) is 20.7 Å². The highest BCUT2D eigenvalue weighted by atomic mass is 16.3. The van der Waals surface area contributed by atoms with E-state index in [-0.39, 0.29) is 12.3 Å². The van der Waals surface area contributed by atoms with Gasteiger partial charge in [0.05, 0.1) is 5.60 Å². The summed E-state index contributed by atoms with van der Waals surface area (Å²) in [5, 5.41) is 9.65. The van der Waals surface area contributed by atoms with Crippen LogP contribution in [-0.4, -0.2) is 38.5 Å². The largest absolute Gasteiger partial charge is 0.508 e. The smallest absolute Gasteiger partial charge is 0.293 e. The number of hydrogen-bond acceptors (Lipinski definition) is 3. The molecule has 3 heteroatoms. The van der Waals surface area contributed by atoms with Crippen LogP contribution in [0.1, 0.15) is 39.5 Å². The number of aliphatic hydroxyl groups is 1. The van der Waals surface area contributed by atoms with E-state index in [9.17, 15) is 0 Å². The van der Waals surface area contributed by atoms with Crippen molar-refractivity contribution in [3.8, 4) is 5.75 Å². The van der Waals surface area contributed by atoms with Crippen LogP contribution in [0.2, 0.25) is 0 Å². The molecule has 1 aromatic rings. The van der Waals surface area contributed by atoms with E-state index in [4.69, 9.17) is 16.2 Å². The second-order valence-corrected chi connectivity index (χ2v) is 4.97. The third-order valence-electron chi connectivity index (χ3n) is 3.74. The van der Waals surface area contributed by atoms with Crippen LogP contribution in [0.3, 0.4) is 0 Å². The molecule has 0 spiro atoms. The fourth-order valence-corrected chi connectivity index (χ4v) is 2.81. The van der Waals surface area contributed by atoms with Gasteiger partial charge in [-0.3, -0.25) is 0 Å². The molecular formula is C15H23NO2. The van der Waals surface area contributed by atoms with Crippen molar-refractivity contribution in [2.75, 3.05) is 20.5 Å². The maximum absolute atomic E-state index is 7.71. The van der Waals surface area contributed by atoms with Crippen LogP contribution in [0.5, 0.6) is 5.75 Å². The lowest BCUT2D eigenvalue weighted by atomic mass is 9.71. The Labute approximate surface area is 120 Å². The van der Waals surface area contributed by atoms with E-state index >= 15 is 0 Å². The molecule has 1 aliphatic carbocycles. The zero-order valence-electron chi connectivity index (χ0n) is 18.2. The van der Waals surface area contributed by atoms with Crippen molar-refractivity contribution in [2.45, 2.75) is 31.3 Å². The second-order valence-electron chi connectivity index (χ2n) is 4.97. The molecule has 3 nitrogen and oxygen atoms in total. The summed E-state index contributed by atoms with van der Waals surface area (Å²) in [6.07, 6.45) is 2.55. The van der Waals surface area contributed by atoms with Gasteiger partial charge in [0.15, 0.2) is 0 Å². The van der Waals surface area contributed by atoms with Gasteiger partial charge < -0.3 is 15.1 Å². The van der Waals surface area contributed by atoms with E-state index in [1.807, 2.05) is 0 Å². The molecule has 1 saturated carbocycles. The van der Waals surface area contributed by atoms with Crippen molar-refractivity contribution >= 4 is 0 Å². The molecule has 0 radical (unpaired) electrons. The van der Waals surface area contributed by atoms with Gasteiger partial charge in [-0.2, -0.15) is 0 Å². The predicted octanol–water partition coefficient (Wildman–Crippen LogP) is 2.33. The van der Waals surface area contributed by atoms with Crippen molar-refractivity contribution in [3.05, 3.63) is 29.8 Å². The molecule has 0 bridgehead atoms. The van der Waals surface area contributed by atoms with Gasteiger partial charge in [-0.25, -0.2) is 0 Å². The SMILES string of the molecule is [2H]Oc1cccc([C@]2(O[2H])CCCC[C@H]2CN(C([2H])([2H])[2H])C([2H])([2H])[2H])c1. The van der Waals surface area contributed by atoms with Gasteiger partial charge in [-0.1, -0.05) is 25.0 Å². The van der Waals surface area contributed by atoms with Gasteiger partial charge in [0.25, 0.3) is 1.43 Å². The normalized spacial score (nSPS) is 36.2.